The van der Waals surface area contributed by atoms with Crippen LogP contribution >= 0.6 is 7.58 Å². The molecule has 0 aromatic heterocycles. The van der Waals surface area contributed by atoms with Crippen molar-refractivity contribution < 1.29 is 17.5 Å². The average Bonchev–Trinajstić information content (AvgIpc) is 2.73. The summed E-state index contributed by atoms with van der Waals surface area (Å²) < 4.78 is 40.0. The molecule has 3 rings (SSSR count). The van der Waals surface area contributed by atoms with Crippen molar-refractivity contribution in [3.63, 3.8) is 0 Å². The summed E-state index contributed by atoms with van der Waals surface area (Å²) in [4.78, 5) is 0.181. The molecule has 3 aromatic carbocycles. The number of para-hydroxylation sites is 2. The van der Waals surface area contributed by atoms with Crippen molar-refractivity contribution in [3.8, 4) is 11.5 Å². The molecule has 33 heavy (non-hydrogen) atoms. The minimum Gasteiger partial charge on any atom is -0.427 e. The molecule has 0 amide bonds. The molecule has 0 unspecified atom stereocenters. The lowest BCUT2D eigenvalue weighted by molar-refractivity contribution is 0.468. The molecule has 0 aliphatic carbocycles. The van der Waals surface area contributed by atoms with Crippen molar-refractivity contribution in [2.24, 2.45) is 0 Å². The van der Waals surface area contributed by atoms with Gasteiger partial charge in [-0.2, -0.15) is 0 Å². The fraction of sp³-hybridized carbons (Fsp3) is 0.333. The molecule has 0 fully saturated rings. The molecule has 0 radical (unpaired) electrons. The second kappa shape index (κ2) is 9.48. The highest BCUT2D eigenvalue weighted by molar-refractivity contribution is 8.47. The van der Waals surface area contributed by atoms with Crippen LogP contribution in [0, 0.1) is 6.92 Å². The fourth-order valence-electron chi connectivity index (χ4n) is 3.41. The van der Waals surface area contributed by atoms with Gasteiger partial charge in [-0.15, -0.1) is 0 Å². The molecule has 176 valence electrons. The summed E-state index contributed by atoms with van der Waals surface area (Å²) in [5.41, 5.74) is 2.37. The molecule has 0 saturated carbocycles. The highest BCUT2D eigenvalue weighted by atomic mass is 32.8. The Labute approximate surface area is 199 Å². The van der Waals surface area contributed by atoms with E-state index in [1.165, 1.54) is 0 Å². The first kappa shape index (κ1) is 25.3. The molecule has 0 aliphatic heterocycles. The SMILES string of the molecule is Cc1ccc(S(=O)(=O)P(Oc2ccccc2C(C)(C)C)Oc2ccccc2C(C)(C)C)cc1. The number of rotatable bonds is 6. The Morgan fingerprint density at radius 1 is 0.636 bits per heavy atom. The second-order valence-electron chi connectivity index (χ2n) is 10.2. The van der Waals surface area contributed by atoms with E-state index in [9.17, 15) is 8.42 Å². The van der Waals surface area contributed by atoms with Crippen LogP contribution in [0.25, 0.3) is 0 Å². The summed E-state index contributed by atoms with van der Waals surface area (Å²) in [7, 11) is -6.32. The van der Waals surface area contributed by atoms with Crippen LogP contribution in [-0.2, 0) is 20.3 Å². The smallest absolute Gasteiger partial charge is 0.426 e. The molecule has 6 heteroatoms. The van der Waals surface area contributed by atoms with Crippen LogP contribution in [0.1, 0.15) is 58.2 Å². The van der Waals surface area contributed by atoms with Gasteiger partial charge >= 0.3 is 7.58 Å². The first-order valence-corrected chi connectivity index (χ1v) is 14.2. The van der Waals surface area contributed by atoms with Crippen LogP contribution < -0.4 is 9.05 Å². The maximum absolute atomic E-state index is 13.8. The standard InChI is InChI=1S/C27H33O4PS/c1-20-16-18-21(19-17-20)33(28,29)32(30-24-14-10-8-12-22(24)26(2,3)4)31-25-15-11-9-13-23(25)27(5,6)7/h8-19H,1-7H3. The van der Waals surface area contributed by atoms with E-state index in [1.807, 2.05) is 43.3 Å². The third kappa shape index (κ3) is 5.96. The Balaban J connectivity index is 2.12. The van der Waals surface area contributed by atoms with Gasteiger partial charge in [-0.3, -0.25) is 0 Å². The van der Waals surface area contributed by atoms with Gasteiger partial charge in [0.1, 0.15) is 11.5 Å². The second-order valence-corrected chi connectivity index (χ2v) is 14.8. The van der Waals surface area contributed by atoms with Gasteiger partial charge in [0, 0.05) is 0 Å². The largest absolute Gasteiger partial charge is 0.427 e. The number of hydrogen-bond donors (Lipinski definition) is 0. The number of benzene rings is 3. The van der Waals surface area contributed by atoms with E-state index in [0.717, 1.165) is 16.7 Å². The van der Waals surface area contributed by atoms with E-state index < -0.39 is 17.0 Å². The lowest BCUT2D eigenvalue weighted by Gasteiger charge is -2.27. The van der Waals surface area contributed by atoms with Crippen LogP contribution in [0.5, 0.6) is 11.5 Å². The Morgan fingerprint density at radius 2 is 1.03 bits per heavy atom. The van der Waals surface area contributed by atoms with Crippen molar-refractivity contribution in [2.75, 3.05) is 0 Å². The predicted octanol–water partition coefficient (Wildman–Crippen LogP) is 7.75. The lowest BCUT2D eigenvalue weighted by atomic mass is 9.86. The van der Waals surface area contributed by atoms with Crippen LogP contribution in [0.4, 0.5) is 0 Å². The van der Waals surface area contributed by atoms with Crippen molar-refractivity contribution in [1.82, 2.24) is 0 Å². The summed E-state index contributed by atoms with van der Waals surface area (Å²) in [6, 6.07) is 21.9. The molecule has 0 N–H and O–H groups in total. The molecule has 0 saturated heterocycles. The monoisotopic (exact) mass is 484 g/mol. The van der Waals surface area contributed by atoms with E-state index in [0.29, 0.717) is 11.5 Å². The quantitative estimate of drug-likeness (QED) is 0.336. The summed E-state index contributed by atoms with van der Waals surface area (Å²) in [5.74, 6) is 1.03. The van der Waals surface area contributed by atoms with E-state index in [-0.39, 0.29) is 15.7 Å². The summed E-state index contributed by atoms with van der Waals surface area (Å²) in [6.45, 7) is 14.3. The van der Waals surface area contributed by atoms with E-state index >= 15 is 0 Å². The van der Waals surface area contributed by atoms with Gasteiger partial charge in [-0.1, -0.05) is 95.6 Å². The van der Waals surface area contributed by atoms with E-state index in [4.69, 9.17) is 9.05 Å². The van der Waals surface area contributed by atoms with Crippen LogP contribution in [-0.4, -0.2) is 8.42 Å². The maximum Gasteiger partial charge on any atom is 0.426 e. The minimum absolute atomic E-state index is 0.181. The molecule has 0 spiro atoms. The van der Waals surface area contributed by atoms with Gasteiger partial charge in [0.2, 0.25) is 0 Å². The molecular formula is C27H33O4PS. The first-order chi connectivity index (χ1) is 15.3. The zero-order valence-electron chi connectivity index (χ0n) is 20.4. The highest BCUT2D eigenvalue weighted by Gasteiger charge is 2.37. The minimum atomic E-state index is -3.92. The van der Waals surface area contributed by atoms with Gasteiger partial charge in [0.05, 0.1) is 4.90 Å². The zero-order chi connectivity index (χ0) is 24.4. The van der Waals surface area contributed by atoms with Crippen molar-refractivity contribution >= 4 is 17.0 Å². The molecule has 0 aliphatic rings. The summed E-state index contributed by atoms with van der Waals surface area (Å²) in [5, 5.41) is 0. The van der Waals surface area contributed by atoms with Crippen LogP contribution in [0.3, 0.4) is 0 Å². The van der Waals surface area contributed by atoms with Gasteiger partial charge in [0.15, 0.2) is 0 Å². The van der Waals surface area contributed by atoms with Gasteiger partial charge < -0.3 is 9.05 Å². The van der Waals surface area contributed by atoms with Crippen molar-refractivity contribution in [3.05, 3.63) is 89.5 Å². The Hall–Kier alpha value is -2.36. The Morgan fingerprint density at radius 3 is 1.42 bits per heavy atom. The molecule has 4 nitrogen and oxygen atoms in total. The number of aryl methyl sites for hydroxylation is 1. The molecule has 3 aromatic rings. The average molecular weight is 485 g/mol. The normalized spacial score (nSPS) is 12.6. The molecule has 0 bridgehead atoms. The third-order valence-corrected chi connectivity index (χ3v) is 9.46. The van der Waals surface area contributed by atoms with Crippen LogP contribution in [0.2, 0.25) is 0 Å². The molecule has 0 heterocycles. The maximum atomic E-state index is 13.8. The predicted molar refractivity (Wildman–Crippen MR) is 137 cm³/mol. The molecule has 0 atom stereocenters. The van der Waals surface area contributed by atoms with E-state index in [2.05, 4.69) is 41.5 Å². The van der Waals surface area contributed by atoms with Crippen molar-refractivity contribution in [2.45, 2.75) is 64.2 Å². The van der Waals surface area contributed by atoms with Gasteiger partial charge in [-0.05, 0) is 53.1 Å². The topological polar surface area (TPSA) is 52.6 Å². The highest BCUT2D eigenvalue weighted by Crippen LogP contribution is 2.52. The fourth-order valence-corrected chi connectivity index (χ4v) is 6.88. The van der Waals surface area contributed by atoms with E-state index in [1.54, 1.807) is 36.4 Å². The lowest BCUT2D eigenvalue weighted by Crippen LogP contribution is -2.16. The zero-order valence-corrected chi connectivity index (χ0v) is 22.1. The Kier molecular flexibility index (Phi) is 7.26. The number of hydrogen-bond acceptors (Lipinski definition) is 4. The summed E-state index contributed by atoms with van der Waals surface area (Å²) >= 11 is 0. The van der Waals surface area contributed by atoms with Crippen molar-refractivity contribution in [1.29, 1.82) is 0 Å². The van der Waals surface area contributed by atoms with Gasteiger partial charge in [-0.25, -0.2) is 8.42 Å². The van der Waals surface area contributed by atoms with Gasteiger partial charge in [0.25, 0.3) is 9.46 Å². The third-order valence-electron chi connectivity index (χ3n) is 5.25. The summed E-state index contributed by atoms with van der Waals surface area (Å²) in [6.07, 6.45) is 0. The molecular weight excluding hydrogens is 451 g/mol. The first-order valence-electron chi connectivity index (χ1n) is 11.0. The van der Waals surface area contributed by atoms with Crippen LogP contribution in [0.15, 0.2) is 77.7 Å². The Bertz CT molecular complexity index is 1140.